The highest BCUT2D eigenvalue weighted by Crippen LogP contribution is 2.34. The minimum absolute atomic E-state index is 0.244. The highest BCUT2D eigenvalue weighted by atomic mass is 32.1. The molecule has 94 valence electrons. The summed E-state index contributed by atoms with van der Waals surface area (Å²) in [5, 5.41) is 0. The lowest BCUT2D eigenvalue weighted by Crippen LogP contribution is -1.98. The first-order valence-corrected chi connectivity index (χ1v) is 5.84. The minimum atomic E-state index is -0.450. The number of H-pyrrole nitrogens is 1. The quantitative estimate of drug-likeness (QED) is 0.843. The third-order valence-corrected chi connectivity index (χ3v) is 2.89. The van der Waals surface area contributed by atoms with Crippen molar-refractivity contribution in [3.05, 3.63) is 40.0 Å². The third kappa shape index (κ3) is 2.26. The van der Waals surface area contributed by atoms with Crippen LogP contribution in [0.2, 0.25) is 0 Å². The van der Waals surface area contributed by atoms with E-state index in [1.165, 1.54) is 0 Å². The predicted octanol–water partition coefficient (Wildman–Crippen LogP) is 3.57. The Morgan fingerprint density at radius 2 is 2.06 bits per heavy atom. The van der Waals surface area contributed by atoms with E-state index < -0.39 is 5.82 Å². The lowest BCUT2D eigenvalue weighted by molar-refractivity contribution is 0.415. The zero-order valence-electron chi connectivity index (χ0n) is 10.4. The molecule has 2 rings (SSSR count). The van der Waals surface area contributed by atoms with Gasteiger partial charge in [-0.2, -0.15) is 0 Å². The number of hydrogen-bond acceptors (Lipinski definition) is 3. The Labute approximate surface area is 110 Å². The number of rotatable bonds is 2. The number of ether oxygens (including phenoxy) is 1. The maximum Gasteiger partial charge on any atom is 0.197 e. The SMILES string of the molecule is COc1cc(C)cc(C)c1-c1[nH]c(=S)ncc1F. The van der Waals surface area contributed by atoms with Crippen molar-refractivity contribution in [1.29, 1.82) is 0 Å². The van der Waals surface area contributed by atoms with E-state index in [1.54, 1.807) is 7.11 Å². The average molecular weight is 264 g/mol. The van der Waals surface area contributed by atoms with Crippen LogP contribution in [-0.2, 0) is 0 Å². The molecule has 1 aromatic heterocycles. The summed E-state index contributed by atoms with van der Waals surface area (Å²) in [7, 11) is 1.56. The van der Waals surface area contributed by atoms with Gasteiger partial charge < -0.3 is 9.72 Å². The molecule has 0 unspecified atom stereocenters. The molecule has 1 N–H and O–H groups in total. The van der Waals surface area contributed by atoms with Crippen LogP contribution in [0, 0.1) is 24.4 Å². The number of aryl methyl sites for hydroxylation is 2. The number of aromatic nitrogens is 2. The molecule has 3 nitrogen and oxygen atoms in total. The fourth-order valence-corrected chi connectivity index (χ4v) is 2.13. The van der Waals surface area contributed by atoms with Crippen LogP contribution in [0.3, 0.4) is 0 Å². The van der Waals surface area contributed by atoms with Gasteiger partial charge in [0.1, 0.15) is 5.75 Å². The first-order valence-electron chi connectivity index (χ1n) is 5.43. The Morgan fingerprint density at radius 1 is 1.33 bits per heavy atom. The monoisotopic (exact) mass is 264 g/mol. The summed E-state index contributed by atoms with van der Waals surface area (Å²) >= 11 is 4.93. The van der Waals surface area contributed by atoms with Crippen molar-refractivity contribution >= 4 is 12.2 Å². The third-order valence-electron chi connectivity index (χ3n) is 2.68. The molecule has 0 amide bonds. The molecular formula is C13H13FN2OS. The lowest BCUT2D eigenvalue weighted by atomic mass is 10.0. The topological polar surface area (TPSA) is 37.9 Å². The predicted molar refractivity (Wildman–Crippen MR) is 70.8 cm³/mol. The van der Waals surface area contributed by atoms with Crippen LogP contribution in [-0.4, -0.2) is 17.1 Å². The Kier molecular flexibility index (Phi) is 3.43. The summed E-state index contributed by atoms with van der Waals surface area (Å²) in [6.45, 7) is 3.87. The van der Waals surface area contributed by atoms with Crippen LogP contribution < -0.4 is 4.74 Å². The number of benzene rings is 1. The van der Waals surface area contributed by atoms with E-state index >= 15 is 0 Å². The molecule has 0 aliphatic rings. The van der Waals surface area contributed by atoms with E-state index in [9.17, 15) is 4.39 Å². The number of halogens is 1. The first-order chi connectivity index (χ1) is 8.52. The Balaban J connectivity index is 2.78. The number of nitrogens with zero attached hydrogens (tertiary/aromatic N) is 1. The molecule has 0 atom stereocenters. The summed E-state index contributed by atoms with van der Waals surface area (Å²) in [6.07, 6.45) is 1.12. The molecule has 0 saturated carbocycles. The first kappa shape index (κ1) is 12.7. The van der Waals surface area contributed by atoms with Crippen molar-refractivity contribution in [2.24, 2.45) is 0 Å². The van der Waals surface area contributed by atoms with Gasteiger partial charge in [0.05, 0.1) is 19.0 Å². The number of hydrogen-bond donors (Lipinski definition) is 1. The number of nitrogens with one attached hydrogen (secondary N) is 1. The van der Waals surface area contributed by atoms with Crippen LogP contribution in [0.1, 0.15) is 11.1 Å². The van der Waals surface area contributed by atoms with Gasteiger partial charge in [-0.1, -0.05) is 6.07 Å². The molecule has 0 fully saturated rings. The highest BCUT2D eigenvalue weighted by Gasteiger charge is 2.15. The van der Waals surface area contributed by atoms with Gasteiger partial charge in [-0.3, -0.25) is 0 Å². The molecule has 0 aliphatic carbocycles. The Hall–Kier alpha value is -1.75. The van der Waals surface area contributed by atoms with E-state index in [-0.39, 0.29) is 4.77 Å². The standard InChI is InChI=1S/C13H13FN2OS/c1-7-4-8(2)11(10(5-7)17-3)12-9(14)6-15-13(18)16-12/h4-6H,1-3H3,(H,15,16,18). The molecule has 0 spiro atoms. The van der Waals surface area contributed by atoms with E-state index in [4.69, 9.17) is 17.0 Å². The van der Waals surface area contributed by atoms with Crippen molar-refractivity contribution in [3.8, 4) is 17.0 Å². The normalized spacial score (nSPS) is 10.4. The van der Waals surface area contributed by atoms with Gasteiger partial charge in [0.15, 0.2) is 10.6 Å². The zero-order valence-corrected chi connectivity index (χ0v) is 11.2. The molecule has 18 heavy (non-hydrogen) atoms. The summed E-state index contributed by atoms with van der Waals surface area (Å²) < 4.78 is 19.4. The van der Waals surface area contributed by atoms with Crippen LogP contribution in [0.4, 0.5) is 4.39 Å². The highest BCUT2D eigenvalue weighted by molar-refractivity contribution is 7.71. The molecule has 5 heteroatoms. The van der Waals surface area contributed by atoms with Crippen molar-refractivity contribution < 1.29 is 9.13 Å². The van der Waals surface area contributed by atoms with Gasteiger partial charge >= 0.3 is 0 Å². The number of methoxy groups -OCH3 is 1. The van der Waals surface area contributed by atoms with Crippen LogP contribution in [0.15, 0.2) is 18.3 Å². The van der Waals surface area contributed by atoms with Crippen LogP contribution in [0.25, 0.3) is 11.3 Å². The summed E-state index contributed by atoms with van der Waals surface area (Å²) in [5.74, 6) is 0.164. The smallest absolute Gasteiger partial charge is 0.197 e. The van der Waals surface area contributed by atoms with E-state index in [0.717, 1.165) is 17.3 Å². The van der Waals surface area contributed by atoms with Crippen molar-refractivity contribution in [3.63, 3.8) is 0 Å². The molecule has 0 bridgehead atoms. The van der Waals surface area contributed by atoms with E-state index in [1.807, 2.05) is 26.0 Å². The van der Waals surface area contributed by atoms with Gasteiger partial charge in [-0.15, -0.1) is 0 Å². The summed E-state index contributed by atoms with van der Waals surface area (Å²) in [5.41, 5.74) is 2.96. The zero-order chi connectivity index (χ0) is 13.3. The minimum Gasteiger partial charge on any atom is -0.496 e. The Morgan fingerprint density at radius 3 is 2.72 bits per heavy atom. The largest absolute Gasteiger partial charge is 0.496 e. The summed E-state index contributed by atoms with van der Waals surface area (Å²) in [6, 6.07) is 3.83. The molecule has 2 aromatic rings. The van der Waals surface area contributed by atoms with E-state index in [2.05, 4.69) is 9.97 Å². The second-order valence-electron chi connectivity index (χ2n) is 4.07. The second kappa shape index (κ2) is 4.86. The maximum atomic E-state index is 13.9. The fraction of sp³-hybridized carbons (Fsp3) is 0.231. The van der Waals surface area contributed by atoms with Crippen LogP contribution >= 0.6 is 12.2 Å². The average Bonchev–Trinajstić information content (AvgIpc) is 2.32. The van der Waals surface area contributed by atoms with Crippen molar-refractivity contribution in [2.45, 2.75) is 13.8 Å². The van der Waals surface area contributed by atoms with E-state index in [0.29, 0.717) is 17.0 Å². The Bertz CT molecular complexity index is 652. The van der Waals surface area contributed by atoms with Gasteiger partial charge in [-0.25, -0.2) is 9.37 Å². The van der Waals surface area contributed by atoms with Gasteiger partial charge in [0, 0.05) is 5.56 Å². The second-order valence-corrected chi connectivity index (χ2v) is 4.46. The lowest BCUT2D eigenvalue weighted by Gasteiger charge is -2.13. The molecule has 0 radical (unpaired) electrons. The molecular weight excluding hydrogens is 251 g/mol. The molecule has 1 heterocycles. The maximum absolute atomic E-state index is 13.9. The number of aromatic amines is 1. The van der Waals surface area contributed by atoms with Gasteiger partial charge in [0.25, 0.3) is 0 Å². The fourth-order valence-electron chi connectivity index (χ4n) is 1.97. The van der Waals surface area contributed by atoms with Crippen LogP contribution in [0.5, 0.6) is 5.75 Å². The molecule has 0 saturated heterocycles. The molecule has 1 aromatic carbocycles. The van der Waals surface area contributed by atoms with Crippen molar-refractivity contribution in [1.82, 2.24) is 9.97 Å². The molecule has 0 aliphatic heterocycles. The van der Waals surface area contributed by atoms with Crippen molar-refractivity contribution in [2.75, 3.05) is 7.11 Å². The van der Waals surface area contributed by atoms with Gasteiger partial charge in [0.2, 0.25) is 0 Å². The summed E-state index contributed by atoms with van der Waals surface area (Å²) in [4.78, 5) is 6.49. The van der Waals surface area contributed by atoms with Gasteiger partial charge in [-0.05, 0) is 43.3 Å².